The number of anilines is 1. The van der Waals surface area contributed by atoms with Crippen molar-refractivity contribution in [2.45, 2.75) is 38.1 Å². The Labute approximate surface area is 135 Å². The van der Waals surface area contributed by atoms with Gasteiger partial charge in [0.1, 0.15) is 17.8 Å². The van der Waals surface area contributed by atoms with Crippen LogP contribution >= 0.6 is 0 Å². The predicted octanol–water partition coefficient (Wildman–Crippen LogP) is 2.19. The van der Waals surface area contributed by atoms with Crippen LogP contribution in [0.3, 0.4) is 0 Å². The van der Waals surface area contributed by atoms with Crippen molar-refractivity contribution in [1.82, 2.24) is 19.9 Å². The lowest BCUT2D eigenvalue weighted by Crippen LogP contribution is -2.35. The molecule has 6 nitrogen and oxygen atoms in total. The molecule has 122 valence electrons. The highest BCUT2D eigenvalue weighted by atomic mass is 16.2. The molecule has 3 heterocycles. The molecule has 1 amide bonds. The highest BCUT2D eigenvalue weighted by Gasteiger charge is 2.35. The quantitative estimate of drug-likeness (QED) is 0.939. The first-order valence-electron chi connectivity index (χ1n) is 8.51. The number of nitrogens with one attached hydrogen (secondary N) is 1. The van der Waals surface area contributed by atoms with Gasteiger partial charge in [-0.1, -0.05) is 12.8 Å². The Morgan fingerprint density at radius 3 is 3.00 bits per heavy atom. The van der Waals surface area contributed by atoms with Crippen molar-refractivity contribution in [1.29, 1.82) is 0 Å². The van der Waals surface area contributed by atoms with E-state index in [2.05, 4.69) is 31.8 Å². The van der Waals surface area contributed by atoms with E-state index in [0.717, 1.165) is 29.9 Å². The normalized spacial score (nSPS) is 22.4. The fraction of sp³-hybridized carbons (Fsp3) is 0.588. The van der Waals surface area contributed by atoms with Crippen molar-refractivity contribution < 1.29 is 4.79 Å². The van der Waals surface area contributed by atoms with E-state index in [4.69, 9.17) is 0 Å². The third-order valence-corrected chi connectivity index (χ3v) is 5.23. The second kappa shape index (κ2) is 5.83. The van der Waals surface area contributed by atoms with Crippen molar-refractivity contribution in [2.24, 2.45) is 5.92 Å². The lowest BCUT2D eigenvalue weighted by atomic mass is 10.1. The first-order valence-corrected chi connectivity index (χ1v) is 8.51. The van der Waals surface area contributed by atoms with Crippen molar-refractivity contribution in [3.8, 4) is 0 Å². The monoisotopic (exact) mass is 313 g/mol. The van der Waals surface area contributed by atoms with E-state index in [1.165, 1.54) is 25.7 Å². The highest BCUT2D eigenvalue weighted by molar-refractivity contribution is 5.87. The zero-order chi connectivity index (χ0) is 15.8. The van der Waals surface area contributed by atoms with Gasteiger partial charge in [-0.15, -0.1) is 0 Å². The molecule has 2 fully saturated rings. The fourth-order valence-corrected chi connectivity index (χ4v) is 4.14. The van der Waals surface area contributed by atoms with E-state index in [1.807, 2.05) is 12.3 Å². The molecule has 1 aliphatic carbocycles. The number of fused-ring (bicyclic) bond motifs is 1. The van der Waals surface area contributed by atoms with Crippen LogP contribution in [-0.2, 0) is 4.79 Å². The Bertz CT molecular complexity index is 706. The number of carbonyl (C=O) groups is 1. The highest BCUT2D eigenvalue weighted by Crippen LogP contribution is 2.30. The number of likely N-dealkylation sites (tertiary alicyclic amines) is 1. The minimum atomic E-state index is 0.338. The van der Waals surface area contributed by atoms with Crippen LogP contribution in [0, 0.1) is 5.92 Å². The number of carbonyl (C=O) groups excluding carboxylic acids is 1. The van der Waals surface area contributed by atoms with Gasteiger partial charge in [0.15, 0.2) is 0 Å². The molecule has 4 rings (SSSR count). The summed E-state index contributed by atoms with van der Waals surface area (Å²) in [6.45, 7) is 1.75. The largest absolute Gasteiger partial charge is 0.359 e. The lowest BCUT2D eigenvalue weighted by Gasteiger charge is -2.26. The average Bonchev–Trinajstić information content (AvgIpc) is 3.26. The van der Waals surface area contributed by atoms with Gasteiger partial charge < -0.3 is 14.8 Å². The van der Waals surface area contributed by atoms with Gasteiger partial charge in [0.2, 0.25) is 5.91 Å². The molecular formula is C17H23N5O. The maximum Gasteiger partial charge on any atom is 0.223 e. The molecule has 1 atom stereocenters. The molecule has 2 aromatic rings. The molecule has 0 unspecified atom stereocenters. The number of rotatable bonds is 4. The van der Waals surface area contributed by atoms with Crippen molar-refractivity contribution in [3.63, 3.8) is 0 Å². The zero-order valence-electron chi connectivity index (χ0n) is 13.5. The Balaban J connectivity index is 1.46. The van der Waals surface area contributed by atoms with Crippen LogP contribution in [0.15, 0.2) is 18.6 Å². The van der Waals surface area contributed by atoms with Crippen LogP contribution in [-0.4, -0.2) is 51.9 Å². The van der Waals surface area contributed by atoms with E-state index in [9.17, 15) is 4.79 Å². The van der Waals surface area contributed by atoms with Crippen LogP contribution in [0.1, 0.15) is 32.1 Å². The summed E-state index contributed by atoms with van der Waals surface area (Å²) in [5.74, 6) is 1.66. The minimum Gasteiger partial charge on any atom is -0.359 e. The molecular weight excluding hydrogens is 290 g/mol. The summed E-state index contributed by atoms with van der Waals surface area (Å²) in [5.41, 5.74) is 0.858. The summed E-state index contributed by atoms with van der Waals surface area (Å²) < 4.78 is 0. The molecule has 1 N–H and O–H groups in total. The molecule has 0 bridgehead atoms. The molecule has 23 heavy (non-hydrogen) atoms. The number of nitrogens with zero attached hydrogens (tertiary/aromatic N) is 4. The predicted molar refractivity (Wildman–Crippen MR) is 89.2 cm³/mol. The Kier molecular flexibility index (Phi) is 3.67. The molecule has 1 saturated carbocycles. The molecule has 0 radical (unpaired) electrons. The second-order valence-electron chi connectivity index (χ2n) is 6.87. The van der Waals surface area contributed by atoms with E-state index in [1.54, 1.807) is 6.33 Å². The first-order chi connectivity index (χ1) is 11.2. The van der Waals surface area contributed by atoms with E-state index in [-0.39, 0.29) is 0 Å². The molecule has 2 aliphatic rings. The summed E-state index contributed by atoms with van der Waals surface area (Å²) in [7, 11) is 2.05. The number of H-pyrrole nitrogens is 1. The molecule has 0 spiro atoms. The maximum atomic E-state index is 12.3. The standard InChI is InChI=1S/C17H23N5O/c1-21(17-14-6-7-18-16(14)19-11-20-17)9-12-8-15(23)22(10-12)13-4-2-3-5-13/h6-7,11-13H,2-5,8-10H2,1H3,(H,18,19,20)/t12-/m0/s1. The van der Waals surface area contributed by atoms with Gasteiger partial charge in [0.05, 0.1) is 5.39 Å². The summed E-state index contributed by atoms with van der Waals surface area (Å²) in [5, 5.41) is 1.03. The van der Waals surface area contributed by atoms with E-state index >= 15 is 0 Å². The summed E-state index contributed by atoms with van der Waals surface area (Å²) in [6.07, 6.45) is 9.06. The van der Waals surface area contributed by atoms with E-state index in [0.29, 0.717) is 24.3 Å². The Morgan fingerprint density at radius 2 is 2.17 bits per heavy atom. The van der Waals surface area contributed by atoms with Crippen molar-refractivity contribution in [3.05, 3.63) is 18.6 Å². The molecule has 6 heteroatoms. The van der Waals surface area contributed by atoms with Gasteiger partial charge in [0.25, 0.3) is 0 Å². The van der Waals surface area contributed by atoms with Crippen LogP contribution < -0.4 is 4.90 Å². The molecule has 2 aromatic heterocycles. The number of hydrogen-bond acceptors (Lipinski definition) is 4. The summed E-state index contributed by atoms with van der Waals surface area (Å²) >= 11 is 0. The smallest absolute Gasteiger partial charge is 0.223 e. The first kappa shape index (κ1) is 14.5. The third-order valence-electron chi connectivity index (χ3n) is 5.23. The summed E-state index contributed by atoms with van der Waals surface area (Å²) in [4.78, 5) is 28.4. The second-order valence-corrected chi connectivity index (χ2v) is 6.87. The van der Waals surface area contributed by atoms with Gasteiger partial charge in [-0.3, -0.25) is 4.79 Å². The Hall–Kier alpha value is -2.11. The van der Waals surface area contributed by atoms with Crippen LogP contribution in [0.5, 0.6) is 0 Å². The number of aromatic nitrogens is 3. The number of hydrogen-bond donors (Lipinski definition) is 1. The minimum absolute atomic E-state index is 0.338. The SMILES string of the molecule is CN(C[C@@H]1CC(=O)N(C2CCCC2)C1)c1ncnc2[nH]ccc12. The van der Waals surface area contributed by atoms with Crippen LogP contribution in [0.2, 0.25) is 0 Å². The van der Waals surface area contributed by atoms with Gasteiger partial charge in [-0.2, -0.15) is 0 Å². The van der Waals surface area contributed by atoms with Gasteiger partial charge >= 0.3 is 0 Å². The fourth-order valence-electron chi connectivity index (χ4n) is 4.14. The third kappa shape index (κ3) is 2.66. The van der Waals surface area contributed by atoms with Crippen molar-refractivity contribution >= 4 is 22.8 Å². The van der Waals surface area contributed by atoms with Crippen LogP contribution in [0.4, 0.5) is 5.82 Å². The lowest BCUT2D eigenvalue weighted by molar-refractivity contribution is -0.129. The molecule has 0 aromatic carbocycles. The molecule has 1 saturated heterocycles. The number of amides is 1. The van der Waals surface area contributed by atoms with Gasteiger partial charge in [0, 0.05) is 44.7 Å². The molecule has 1 aliphatic heterocycles. The summed E-state index contributed by atoms with van der Waals surface area (Å²) in [6, 6.07) is 2.50. The topological polar surface area (TPSA) is 65.1 Å². The maximum absolute atomic E-state index is 12.3. The van der Waals surface area contributed by atoms with Crippen molar-refractivity contribution in [2.75, 3.05) is 25.0 Å². The Morgan fingerprint density at radius 1 is 1.35 bits per heavy atom. The average molecular weight is 313 g/mol. The van der Waals surface area contributed by atoms with Gasteiger partial charge in [-0.25, -0.2) is 9.97 Å². The number of aromatic amines is 1. The zero-order valence-corrected chi connectivity index (χ0v) is 13.5. The van der Waals surface area contributed by atoms with Gasteiger partial charge in [-0.05, 0) is 18.9 Å². The van der Waals surface area contributed by atoms with E-state index < -0.39 is 0 Å². The van der Waals surface area contributed by atoms with Crippen LogP contribution in [0.25, 0.3) is 11.0 Å².